The first-order valence-electron chi connectivity index (χ1n) is 21.0. The summed E-state index contributed by atoms with van der Waals surface area (Å²) in [5.74, 6) is -3.35. The van der Waals surface area contributed by atoms with Crippen molar-refractivity contribution in [2.24, 2.45) is 23.7 Å². The van der Waals surface area contributed by atoms with Gasteiger partial charge in [0.1, 0.15) is 72.9 Å². The molecule has 0 spiro atoms. The molecule has 63 heavy (non-hydrogen) atoms. The number of carbonyl (C=O) groups excluding carboxylic acids is 2. The van der Waals surface area contributed by atoms with E-state index in [-0.39, 0.29) is 61.3 Å². The minimum absolute atomic E-state index is 0. The summed E-state index contributed by atoms with van der Waals surface area (Å²) in [6, 6.07) is 0. The van der Waals surface area contributed by atoms with Gasteiger partial charge in [0.25, 0.3) is 0 Å². The van der Waals surface area contributed by atoms with Crippen LogP contribution in [0.2, 0.25) is 0 Å². The number of aliphatic carboxylic acids is 2. The minimum atomic E-state index is -1.47. The monoisotopic (exact) mass is 919 g/mol. The third-order valence-electron chi connectivity index (χ3n) is 11.2. The lowest BCUT2D eigenvalue weighted by atomic mass is 9.80. The zero-order valence-corrected chi connectivity index (χ0v) is 37.6. The maximum atomic E-state index is 11.6. The van der Waals surface area contributed by atoms with Gasteiger partial charge in [0, 0.05) is 24.2 Å². The van der Waals surface area contributed by atoms with Gasteiger partial charge in [0.05, 0.1) is 42.7 Å². The topological polar surface area (TPSA) is 357 Å². The van der Waals surface area contributed by atoms with E-state index in [1.165, 1.54) is 0 Å². The van der Waals surface area contributed by atoms with E-state index in [4.69, 9.17) is 33.9 Å². The molecule has 21 heteroatoms. The fourth-order valence-electron chi connectivity index (χ4n) is 7.33. The van der Waals surface area contributed by atoms with Crippen LogP contribution in [0.4, 0.5) is 0 Å². The Hall–Kier alpha value is -2.32. The molecule has 0 aromatic heterocycles. The summed E-state index contributed by atoms with van der Waals surface area (Å²) in [6.07, 6.45) is -20.1. The van der Waals surface area contributed by atoms with E-state index in [1.807, 2.05) is 13.8 Å². The number of hydrogen-bond donors (Lipinski definition) is 12. The summed E-state index contributed by atoms with van der Waals surface area (Å²) >= 11 is 0. The highest BCUT2D eigenvalue weighted by Crippen LogP contribution is 2.32. The smallest absolute Gasteiger partial charge is 0.335 e. The summed E-state index contributed by atoms with van der Waals surface area (Å²) in [4.78, 5) is 44.6. The molecule has 21 nitrogen and oxygen atoms in total. The number of carbonyl (C=O) groups is 4. The number of rotatable bonds is 10. The van der Waals surface area contributed by atoms with Crippen molar-refractivity contribution < 1.29 is 104 Å². The summed E-state index contributed by atoms with van der Waals surface area (Å²) in [5.41, 5.74) is 0. The molecule has 372 valence electrons. The van der Waals surface area contributed by atoms with Crippen LogP contribution in [0.25, 0.3) is 0 Å². The summed E-state index contributed by atoms with van der Waals surface area (Å²) in [6.45, 7) is 20.8. The maximum Gasteiger partial charge on any atom is 0.335 e. The Bertz CT molecular complexity index is 1400. The quantitative estimate of drug-likeness (QED) is 0.118. The van der Waals surface area contributed by atoms with Gasteiger partial charge in [-0.1, -0.05) is 49.0 Å². The van der Waals surface area contributed by atoms with Gasteiger partial charge in [-0.3, -0.25) is 9.59 Å². The predicted octanol–water partition coefficient (Wildman–Crippen LogP) is -1.58. The largest absolute Gasteiger partial charge is 0.479 e. The molecule has 0 bridgehead atoms. The molecule has 4 aliphatic rings. The van der Waals surface area contributed by atoms with Crippen molar-refractivity contribution in [1.82, 2.24) is 0 Å². The molecule has 0 aliphatic carbocycles. The van der Waals surface area contributed by atoms with Crippen molar-refractivity contribution in [2.75, 3.05) is 0 Å². The average Bonchev–Trinajstić information content (AvgIpc) is 3.17. The standard InChI is InChI=1S/C11H20O5.C10H18O6.2C10H18O5.CH4/c1-5(2)7(12)4-8-10(14)11(15)9(13)6(3)16-8;1-4(2)15-8-5(3)16-9(10(13)14)7(12)6(8)11;1-4(2)6(11)10-9(14)8(13)7(12)5(3)15-10;1-4(2)6-5(3)15-9(10(13)14)8(12)7(6)11;/h5-6,8-11,13-15H,4H2,1-3H3;4-9,11-12H,1-3H3,(H,13,14);4-5,7-10,12-14H,1-3H3;4-9,11-12H,1-3H3,(H,13,14);1H4. The molecule has 20 unspecified atom stereocenters. The number of ketones is 2. The number of aliphatic hydroxyl groups excluding tert-OH is 10. The van der Waals surface area contributed by atoms with Gasteiger partial charge < -0.3 is 85.0 Å². The highest BCUT2D eigenvalue weighted by atomic mass is 16.6. The van der Waals surface area contributed by atoms with Gasteiger partial charge in [0.2, 0.25) is 0 Å². The number of carboxylic acids is 2. The van der Waals surface area contributed by atoms with Crippen molar-refractivity contribution in [2.45, 2.75) is 219 Å². The molecule has 4 aliphatic heterocycles. The van der Waals surface area contributed by atoms with E-state index in [0.29, 0.717) is 0 Å². The van der Waals surface area contributed by atoms with Gasteiger partial charge in [-0.2, -0.15) is 0 Å². The molecule has 0 amide bonds. The number of carboxylic acid groups (broad SMARTS) is 2. The van der Waals surface area contributed by atoms with Gasteiger partial charge in [-0.25, -0.2) is 9.59 Å². The van der Waals surface area contributed by atoms with Crippen LogP contribution in [0, 0.1) is 23.7 Å². The number of ether oxygens (including phenoxy) is 5. The number of Topliss-reactive ketones (excluding diaryl/α,β-unsaturated/α-hetero) is 2. The number of hydrogen-bond acceptors (Lipinski definition) is 19. The second kappa shape index (κ2) is 26.7. The van der Waals surface area contributed by atoms with Crippen LogP contribution in [0.1, 0.15) is 96.9 Å². The fraction of sp³-hybridized carbons (Fsp3) is 0.905. The van der Waals surface area contributed by atoms with Crippen LogP contribution in [-0.2, 0) is 42.9 Å². The second-order valence-corrected chi connectivity index (χ2v) is 17.6. The molecule has 4 fully saturated rings. The van der Waals surface area contributed by atoms with Crippen molar-refractivity contribution in [3.63, 3.8) is 0 Å². The molecule has 0 aromatic rings. The van der Waals surface area contributed by atoms with E-state index >= 15 is 0 Å². The van der Waals surface area contributed by atoms with Crippen molar-refractivity contribution in [3.8, 4) is 0 Å². The van der Waals surface area contributed by atoms with Crippen molar-refractivity contribution >= 4 is 23.5 Å². The Morgan fingerprint density at radius 3 is 1.29 bits per heavy atom. The van der Waals surface area contributed by atoms with Crippen LogP contribution in [-0.4, -0.2) is 207 Å². The first-order valence-corrected chi connectivity index (χ1v) is 21.0. The number of aliphatic hydroxyl groups is 10. The van der Waals surface area contributed by atoms with E-state index in [9.17, 15) is 70.2 Å². The maximum absolute atomic E-state index is 11.6. The van der Waals surface area contributed by atoms with E-state index in [0.717, 1.165) is 0 Å². The van der Waals surface area contributed by atoms with Gasteiger partial charge in [-0.05, 0) is 47.5 Å². The Morgan fingerprint density at radius 1 is 0.476 bits per heavy atom. The third-order valence-corrected chi connectivity index (χ3v) is 11.2. The molecule has 20 atom stereocenters. The lowest BCUT2D eigenvalue weighted by Crippen LogP contribution is -2.60. The summed E-state index contributed by atoms with van der Waals surface area (Å²) in [5, 5.41) is 113. The Labute approximate surface area is 369 Å². The minimum Gasteiger partial charge on any atom is -0.479 e. The van der Waals surface area contributed by atoms with Crippen LogP contribution in [0.3, 0.4) is 0 Å². The van der Waals surface area contributed by atoms with Crippen LogP contribution in [0.15, 0.2) is 0 Å². The molecular formula is C42H78O21. The Balaban J connectivity index is 0.000000810. The molecule has 12 N–H and O–H groups in total. The SMILES string of the molecule is C.CC(C)C(=O)C1OC(C)C(O)C(O)C1O.CC(C)C(=O)CC1OC(C)C(O)C(O)C1O.CC(C)C1C(C)OC(C(=O)O)C(O)C1O.CC(C)OC1C(C)OC(C(=O)O)C(O)C1O. The highest BCUT2D eigenvalue weighted by Gasteiger charge is 2.49. The molecule has 0 radical (unpaired) electrons. The first-order chi connectivity index (χ1) is 28.4. The zero-order valence-electron chi connectivity index (χ0n) is 37.6. The molecule has 0 aromatic carbocycles. The van der Waals surface area contributed by atoms with Crippen molar-refractivity contribution in [3.05, 3.63) is 0 Å². The summed E-state index contributed by atoms with van der Waals surface area (Å²) in [7, 11) is 0. The lowest BCUT2D eigenvalue weighted by molar-refractivity contribution is -0.240. The van der Waals surface area contributed by atoms with Crippen LogP contribution >= 0.6 is 0 Å². The van der Waals surface area contributed by atoms with Gasteiger partial charge in [0.15, 0.2) is 18.0 Å². The van der Waals surface area contributed by atoms with E-state index in [1.54, 1.807) is 69.2 Å². The highest BCUT2D eigenvalue weighted by molar-refractivity contribution is 5.85. The Morgan fingerprint density at radius 2 is 0.873 bits per heavy atom. The summed E-state index contributed by atoms with van der Waals surface area (Å²) < 4.78 is 26.2. The third kappa shape index (κ3) is 16.5. The van der Waals surface area contributed by atoms with Crippen LogP contribution < -0.4 is 0 Å². The lowest BCUT2D eigenvalue weighted by Gasteiger charge is -2.42. The molecule has 0 saturated carbocycles. The van der Waals surface area contributed by atoms with Crippen LogP contribution in [0.5, 0.6) is 0 Å². The van der Waals surface area contributed by atoms with Gasteiger partial charge in [-0.15, -0.1) is 0 Å². The van der Waals surface area contributed by atoms with E-state index in [2.05, 4.69) is 0 Å². The second-order valence-electron chi connectivity index (χ2n) is 17.6. The van der Waals surface area contributed by atoms with E-state index < -0.39 is 122 Å². The Kier molecular flexibility index (Phi) is 25.7. The first kappa shape index (κ1) is 60.7. The normalized spacial score (nSPS) is 40.3. The molecule has 4 heterocycles. The fourth-order valence-corrected chi connectivity index (χ4v) is 7.33. The molecule has 4 saturated heterocycles. The molecular weight excluding hydrogens is 840 g/mol. The van der Waals surface area contributed by atoms with Gasteiger partial charge >= 0.3 is 11.9 Å². The predicted molar refractivity (Wildman–Crippen MR) is 222 cm³/mol. The molecule has 4 rings (SSSR count). The average molecular weight is 919 g/mol. The van der Waals surface area contributed by atoms with Crippen molar-refractivity contribution in [1.29, 1.82) is 0 Å². The zero-order chi connectivity index (χ0) is 48.4.